The Kier molecular flexibility index (Phi) is 5.46. The van der Waals surface area contributed by atoms with Crippen LogP contribution in [-0.2, 0) is 11.2 Å². The molecule has 6 heteroatoms. The summed E-state index contributed by atoms with van der Waals surface area (Å²) < 4.78 is 1.52. The summed E-state index contributed by atoms with van der Waals surface area (Å²) in [4.78, 5) is 30.9. The maximum Gasteiger partial charge on any atom is 0.263 e. The maximum atomic E-state index is 13.5. The summed E-state index contributed by atoms with van der Waals surface area (Å²) in [5, 5.41) is 2.56. The number of fused-ring (bicyclic) bond motifs is 1. The van der Waals surface area contributed by atoms with Gasteiger partial charge < -0.3 is 5.73 Å². The number of hydrogen-bond donors (Lipinski definition) is 1. The Morgan fingerprint density at radius 3 is 2.59 bits per heavy atom. The minimum Gasteiger partial charge on any atom is -0.368 e. The number of amides is 1. The van der Waals surface area contributed by atoms with Crippen LogP contribution >= 0.6 is 11.3 Å². The van der Waals surface area contributed by atoms with Crippen LogP contribution in [0, 0.1) is 13.8 Å². The van der Waals surface area contributed by atoms with E-state index in [-0.39, 0.29) is 5.56 Å². The smallest absolute Gasteiger partial charge is 0.263 e. The Hall–Kier alpha value is -2.47. The van der Waals surface area contributed by atoms with E-state index in [9.17, 15) is 9.59 Å². The van der Waals surface area contributed by atoms with Gasteiger partial charge in [0, 0.05) is 17.4 Å². The molecule has 2 heterocycles. The van der Waals surface area contributed by atoms with Gasteiger partial charge in [0.1, 0.15) is 16.7 Å². The molecule has 1 atom stereocenters. The van der Waals surface area contributed by atoms with Gasteiger partial charge in [0.05, 0.1) is 5.39 Å². The molecule has 0 aliphatic rings. The average molecular weight is 384 g/mol. The first-order valence-electron chi connectivity index (χ1n) is 9.28. The summed E-state index contributed by atoms with van der Waals surface area (Å²) in [7, 11) is 0. The fraction of sp³-hybridized carbons (Fsp3) is 0.381. The second-order valence-corrected chi connectivity index (χ2v) is 7.79. The van der Waals surface area contributed by atoms with E-state index in [2.05, 4.69) is 6.07 Å². The average Bonchev–Trinajstić information content (AvgIpc) is 3.02. The van der Waals surface area contributed by atoms with Crippen molar-refractivity contribution in [1.29, 1.82) is 0 Å². The first-order chi connectivity index (χ1) is 12.9. The molecule has 0 aliphatic carbocycles. The van der Waals surface area contributed by atoms with Crippen LogP contribution in [0.1, 0.15) is 49.7 Å². The zero-order valence-corrected chi connectivity index (χ0v) is 17.0. The van der Waals surface area contributed by atoms with Crippen LogP contribution in [0.25, 0.3) is 21.3 Å². The van der Waals surface area contributed by atoms with Crippen LogP contribution in [0.15, 0.2) is 28.4 Å². The molecule has 5 nitrogen and oxygen atoms in total. The molecule has 0 saturated carbocycles. The number of aromatic nitrogens is 2. The van der Waals surface area contributed by atoms with Gasteiger partial charge in [-0.1, -0.05) is 37.6 Å². The third kappa shape index (κ3) is 3.41. The van der Waals surface area contributed by atoms with Crippen molar-refractivity contribution in [2.75, 3.05) is 0 Å². The minimum absolute atomic E-state index is 0.176. The van der Waals surface area contributed by atoms with Crippen LogP contribution < -0.4 is 11.3 Å². The van der Waals surface area contributed by atoms with Crippen molar-refractivity contribution >= 4 is 27.5 Å². The van der Waals surface area contributed by atoms with E-state index in [1.54, 1.807) is 0 Å². The molecule has 3 aromatic rings. The van der Waals surface area contributed by atoms with E-state index in [1.807, 2.05) is 45.2 Å². The lowest BCUT2D eigenvalue weighted by molar-refractivity contribution is -0.121. The lowest BCUT2D eigenvalue weighted by Crippen LogP contribution is -2.36. The van der Waals surface area contributed by atoms with Crippen molar-refractivity contribution in [3.05, 3.63) is 50.9 Å². The standard InChI is InChI=1S/C21H25N3O2S/c1-5-7-17-23-20-18(21(26)24(17)16(6-2)19(22)25)15(11-27-20)14-9-8-12(3)10-13(14)4/h8-11,16H,5-7H2,1-4H3,(H2,22,25). The Labute approximate surface area is 162 Å². The number of carbonyl (C=O) groups excluding carboxylic acids is 1. The summed E-state index contributed by atoms with van der Waals surface area (Å²) >= 11 is 1.47. The second kappa shape index (κ2) is 7.64. The van der Waals surface area contributed by atoms with Crippen LogP contribution in [0.4, 0.5) is 0 Å². The highest BCUT2D eigenvalue weighted by Crippen LogP contribution is 2.34. The van der Waals surface area contributed by atoms with Gasteiger partial charge in [-0.3, -0.25) is 14.2 Å². The quantitative estimate of drug-likeness (QED) is 0.695. The third-order valence-electron chi connectivity index (χ3n) is 4.89. The number of nitrogens with zero attached hydrogens (tertiary/aromatic N) is 2. The van der Waals surface area contributed by atoms with Crippen molar-refractivity contribution in [1.82, 2.24) is 9.55 Å². The van der Waals surface area contributed by atoms with Crippen LogP contribution in [0.3, 0.4) is 0 Å². The predicted molar refractivity (Wildman–Crippen MR) is 111 cm³/mol. The maximum absolute atomic E-state index is 13.5. The molecule has 2 aromatic heterocycles. The van der Waals surface area contributed by atoms with Crippen molar-refractivity contribution in [2.24, 2.45) is 5.73 Å². The van der Waals surface area contributed by atoms with Gasteiger partial charge in [-0.2, -0.15) is 0 Å². The van der Waals surface area contributed by atoms with Crippen molar-refractivity contribution < 1.29 is 4.79 Å². The highest BCUT2D eigenvalue weighted by atomic mass is 32.1. The Balaban J connectivity index is 2.35. The molecular weight excluding hydrogens is 358 g/mol. The summed E-state index contributed by atoms with van der Waals surface area (Å²) in [5.41, 5.74) is 9.61. The molecule has 0 radical (unpaired) electrons. The highest BCUT2D eigenvalue weighted by Gasteiger charge is 2.24. The summed E-state index contributed by atoms with van der Waals surface area (Å²) in [6.45, 7) is 7.98. The van der Waals surface area contributed by atoms with Gasteiger partial charge in [0.25, 0.3) is 5.56 Å². The van der Waals surface area contributed by atoms with Gasteiger partial charge in [0.15, 0.2) is 0 Å². The lowest BCUT2D eigenvalue weighted by atomic mass is 9.99. The molecule has 0 saturated heterocycles. The topological polar surface area (TPSA) is 78.0 Å². The molecular formula is C21H25N3O2S. The SMILES string of the molecule is CCCc1nc2scc(-c3ccc(C)cc3C)c2c(=O)n1C(CC)C(N)=O. The van der Waals surface area contributed by atoms with Crippen LogP contribution in [0.2, 0.25) is 0 Å². The molecule has 1 amide bonds. The minimum atomic E-state index is -0.678. The van der Waals surface area contributed by atoms with E-state index in [0.29, 0.717) is 28.9 Å². The zero-order valence-electron chi connectivity index (χ0n) is 16.2. The van der Waals surface area contributed by atoms with Crippen molar-refractivity contribution in [2.45, 2.75) is 53.0 Å². The van der Waals surface area contributed by atoms with Crippen molar-refractivity contribution in [3.8, 4) is 11.1 Å². The normalized spacial score (nSPS) is 12.4. The zero-order chi connectivity index (χ0) is 19.7. The molecule has 2 N–H and O–H groups in total. The van der Waals surface area contributed by atoms with Gasteiger partial charge in [0.2, 0.25) is 5.91 Å². The van der Waals surface area contributed by atoms with Gasteiger partial charge >= 0.3 is 0 Å². The van der Waals surface area contributed by atoms with Gasteiger partial charge in [-0.25, -0.2) is 4.98 Å². The Morgan fingerprint density at radius 1 is 1.26 bits per heavy atom. The van der Waals surface area contributed by atoms with E-state index in [0.717, 1.165) is 23.1 Å². The molecule has 3 rings (SSSR count). The molecule has 0 spiro atoms. The fourth-order valence-electron chi connectivity index (χ4n) is 3.59. The van der Waals surface area contributed by atoms with E-state index < -0.39 is 11.9 Å². The van der Waals surface area contributed by atoms with Gasteiger partial charge in [-0.05, 0) is 37.8 Å². The lowest BCUT2D eigenvalue weighted by Gasteiger charge is -2.19. The largest absolute Gasteiger partial charge is 0.368 e. The molecule has 27 heavy (non-hydrogen) atoms. The molecule has 0 bridgehead atoms. The number of hydrogen-bond acceptors (Lipinski definition) is 4. The third-order valence-corrected chi connectivity index (χ3v) is 5.76. The molecule has 142 valence electrons. The number of nitrogens with two attached hydrogens (primary N) is 1. The van der Waals surface area contributed by atoms with E-state index >= 15 is 0 Å². The monoisotopic (exact) mass is 383 g/mol. The predicted octanol–water partition coefficient (Wildman–Crippen LogP) is 4.13. The fourth-order valence-corrected chi connectivity index (χ4v) is 4.54. The first kappa shape index (κ1) is 19.3. The van der Waals surface area contributed by atoms with Crippen LogP contribution in [0.5, 0.6) is 0 Å². The number of thiophene rings is 1. The van der Waals surface area contributed by atoms with Crippen LogP contribution in [-0.4, -0.2) is 15.5 Å². The van der Waals surface area contributed by atoms with Gasteiger partial charge in [-0.15, -0.1) is 11.3 Å². The Morgan fingerprint density at radius 2 is 2.00 bits per heavy atom. The highest BCUT2D eigenvalue weighted by molar-refractivity contribution is 7.17. The molecule has 1 unspecified atom stereocenters. The Bertz CT molecular complexity index is 1070. The first-order valence-corrected chi connectivity index (χ1v) is 10.2. The number of rotatable bonds is 6. The summed E-state index contributed by atoms with van der Waals surface area (Å²) in [6, 6.07) is 5.51. The van der Waals surface area contributed by atoms with E-state index in [1.165, 1.54) is 21.5 Å². The summed E-state index contributed by atoms with van der Waals surface area (Å²) in [6.07, 6.45) is 1.93. The van der Waals surface area contributed by atoms with Crippen molar-refractivity contribution in [3.63, 3.8) is 0 Å². The molecule has 1 aromatic carbocycles. The molecule has 0 aliphatic heterocycles. The molecule has 0 fully saturated rings. The van der Waals surface area contributed by atoms with E-state index in [4.69, 9.17) is 10.7 Å². The number of aryl methyl sites for hydroxylation is 3. The number of carbonyl (C=O) groups is 1. The summed E-state index contributed by atoms with van der Waals surface area (Å²) in [5.74, 6) is 0.135. The number of primary amides is 1. The number of benzene rings is 1. The second-order valence-electron chi connectivity index (χ2n) is 6.93.